The van der Waals surface area contributed by atoms with E-state index in [1.54, 1.807) is 4.57 Å². The summed E-state index contributed by atoms with van der Waals surface area (Å²) in [6.07, 6.45) is 0. The number of nitrogens with zero attached hydrogens (tertiary/aromatic N) is 3. The molecular formula is C10H15ClN4O3S2. The second kappa shape index (κ2) is 5.90. The van der Waals surface area contributed by atoms with Gasteiger partial charge in [0.2, 0.25) is 5.91 Å². The Morgan fingerprint density at radius 3 is 2.70 bits per heavy atom. The van der Waals surface area contributed by atoms with Crippen molar-refractivity contribution in [3.8, 4) is 0 Å². The summed E-state index contributed by atoms with van der Waals surface area (Å²) >= 11 is 7.17. The monoisotopic (exact) mass is 338 g/mol. The van der Waals surface area contributed by atoms with Crippen LogP contribution in [0.4, 0.5) is 0 Å². The maximum absolute atomic E-state index is 11.8. The zero-order valence-electron chi connectivity index (χ0n) is 11.0. The van der Waals surface area contributed by atoms with Gasteiger partial charge in [0.05, 0.1) is 28.7 Å². The lowest BCUT2D eigenvalue weighted by atomic mass is 10.2. The summed E-state index contributed by atoms with van der Waals surface area (Å²) in [5.41, 5.74) is 0. The standard InChI is InChI=1S/C10H15ClN4O3S2/c1-6-13-14-10(15(6)2)19-3-9(16)12-8-5-20(17,18)4-7(8)11/h7-8H,3-5H2,1-2H3,(H,12,16)/t7-,8-/m1/s1. The highest BCUT2D eigenvalue weighted by atomic mass is 35.5. The van der Waals surface area contributed by atoms with Gasteiger partial charge in [-0.3, -0.25) is 4.79 Å². The number of halogens is 1. The summed E-state index contributed by atoms with van der Waals surface area (Å²) < 4.78 is 24.6. The van der Waals surface area contributed by atoms with Crippen LogP contribution in [0.25, 0.3) is 0 Å². The Kier molecular flexibility index (Phi) is 4.60. The van der Waals surface area contributed by atoms with Crippen molar-refractivity contribution >= 4 is 39.1 Å². The van der Waals surface area contributed by atoms with Gasteiger partial charge in [0.15, 0.2) is 15.0 Å². The molecule has 10 heteroatoms. The number of thioether (sulfide) groups is 1. The van der Waals surface area contributed by atoms with Crippen LogP contribution in [0.1, 0.15) is 5.82 Å². The molecule has 0 saturated carbocycles. The highest BCUT2D eigenvalue weighted by molar-refractivity contribution is 7.99. The van der Waals surface area contributed by atoms with E-state index in [2.05, 4.69) is 15.5 Å². The summed E-state index contributed by atoms with van der Waals surface area (Å²) in [5, 5.41) is 10.5. The van der Waals surface area contributed by atoms with Crippen molar-refractivity contribution in [1.29, 1.82) is 0 Å². The van der Waals surface area contributed by atoms with Crippen LogP contribution in [-0.4, -0.2) is 57.8 Å². The van der Waals surface area contributed by atoms with Crippen LogP contribution in [0.2, 0.25) is 0 Å². The number of hydrogen-bond donors (Lipinski definition) is 1. The highest BCUT2D eigenvalue weighted by Gasteiger charge is 2.37. The molecule has 0 unspecified atom stereocenters. The van der Waals surface area contributed by atoms with Gasteiger partial charge in [-0.25, -0.2) is 8.42 Å². The third-order valence-corrected chi connectivity index (χ3v) is 6.41. The van der Waals surface area contributed by atoms with E-state index in [0.717, 1.165) is 5.82 Å². The first-order chi connectivity index (χ1) is 9.28. The lowest BCUT2D eigenvalue weighted by Gasteiger charge is -2.13. The van der Waals surface area contributed by atoms with Crippen molar-refractivity contribution in [3.63, 3.8) is 0 Å². The van der Waals surface area contributed by atoms with Crippen LogP contribution in [0.5, 0.6) is 0 Å². The Hall–Kier alpha value is -0.800. The first kappa shape index (κ1) is 15.6. The molecule has 0 radical (unpaired) electrons. The molecule has 1 aliphatic heterocycles. The van der Waals surface area contributed by atoms with Crippen LogP contribution in [0.3, 0.4) is 0 Å². The van der Waals surface area contributed by atoms with E-state index in [-0.39, 0.29) is 23.2 Å². The van der Waals surface area contributed by atoms with E-state index in [1.165, 1.54) is 11.8 Å². The van der Waals surface area contributed by atoms with Gasteiger partial charge in [-0.1, -0.05) is 11.8 Å². The molecular weight excluding hydrogens is 324 g/mol. The smallest absolute Gasteiger partial charge is 0.230 e. The third kappa shape index (κ3) is 3.64. The lowest BCUT2D eigenvalue weighted by molar-refractivity contribution is -0.119. The Bertz CT molecular complexity index is 616. The summed E-state index contributed by atoms with van der Waals surface area (Å²) in [6.45, 7) is 1.82. The van der Waals surface area contributed by atoms with Crippen LogP contribution in [0, 0.1) is 6.92 Å². The number of sulfone groups is 1. The Labute approximate surface area is 126 Å². The number of rotatable bonds is 4. The third-order valence-electron chi connectivity index (χ3n) is 3.01. The van der Waals surface area contributed by atoms with Gasteiger partial charge >= 0.3 is 0 Å². The Morgan fingerprint density at radius 1 is 1.50 bits per heavy atom. The summed E-state index contributed by atoms with van der Waals surface area (Å²) in [5.74, 6) is 0.459. The predicted octanol–water partition coefficient (Wildman–Crippen LogP) is -0.264. The van der Waals surface area contributed by atoms with E-state index >= 15 is 0 Å². The molecule has 1 aromatic heterocycles. The Morgan fingerprint density at radius 2 is 2.20 bits per heavy atom. The topological polar surface area (TPSA) is 94.0 Å². The largest absolute Gasteiger partial charge is 0.350 e. The molecule has 1 aromatic rings. The molecule has 0 bridgehead atoms. The number of amides is 1. The SMILES string of the molecule is Cc1nnc(SCC(=O)N[C@@H]2CS(=O)(=O)C[C@H]2Cl)n1C. The van der Waals surface area contributed by atoms with Crippen molar-refractivity contribution in [2.75, 3.05) is 17.3 Å². The molecule has 7 nitrogen and oxygen atoms in total. The van der Waals surface area contributed by atoms with E-state index in [1.807, 2.05) is 14.0 Å². The van der Waals surface area contributed by atoms with E-state index < -0.39 is 21.3 Å². The number of alkyl halides is 1. The summed E-state index contributed by atoms with van der Waals surface area (Å²) in [6, 6.07) is -0.518. The molecule has 1 aliphatic rings. The molecule has 0 aromatic carbocycles. The molecule has 20 heavy (non-hydrogen) atoms. The quantitative estimate of drug-likeness (QED) is 0.600. The fourth-order valence-corrected chi connectivity index (χ4v) is 5.15. The van der Waals surface area contributed by atoms with Gasteiger partial charge in [0, 0.05) is 7.05 Å². The first-order valence-corrected chi connectivity index (χ1v) is 9.15. The second-order valence-electron chi connectivity index (χ2n) is 4.64. The Balaban J connectivity index is 1.86. The molecule has 2 rings (SSSR count). The zero-order valence-corrected chi connectivity index (χ0v) is 13.4. The second-order valence-corrected chi connectivity index (χ2v) is 8.30. The molecule has 1 saturated heterocycles. The molecule has 0 aliphatic carbocycles. The molecule has 2 atom stereocenters. The first-order valence-electron chi connectivity index (χ1n) is 5.91. The van der Waals surface area contributed by atoms with Crippen LogP contribution >= 0.6 is 23.4 Å². The number of hydrogen-bond acceptors (Lipinski definition) is 6. The van der Waals surface area contributed by atoms with Gasteiger partial charge in [-0.15, -0.1) is 21.8 Å². The van der Waals surface area contributed by atoms with Gasteiger partial charge in [0.1, 0.15) is 5.82 Å². The van der Waals surface area contributed by atoms with Crippen molar-refractivity contribution in [1.82, 2.24) is 20.1 Å². The average Bonchev–Trinajstić information content (AvgIpc) is 2.78. The van der Waals surface area contributed by atoms with Crippen LogP contribution < -0.4 is 5.32 Å². The van der Waals surface area contributed by atoms with E-state index in [0.29, 0.717) is 5.16 Å². The number of carbonyl (C=O) groups is 1. The van der Waals surface area contributed by atoms with Gasteiger partial charge in [0.25, 0.3) is 0 Å². The minimum Gasteiger partial charge on any atom is -0.350 e. The van der Waals surface area contributed by atoms with Crippen molar-refractivity contribution in [3.05, 3.63) is 5.82 Å². The summed E-state index contributed by atoms with van der Waals surface area (Å²) in [7, 11) is -1.33. The zero-order chi connectivity index (χ0) is 14.9. The molecule has 0 spiro atoms. The number of aromatic nitrogens is 3. The summed E-state index contributed by atoms with van der Waals surface area (Å²) in [4.78, 5) is 11.8. The maximum atomic E-state index is 11.8. The van der Waals surface area contributed by atoms with Gasteiger partial charge < -0.3 is 9.88 Å². The average molecular weight is 339 g/mol. The molecule has 112 valence electrons. The van der Waals surface area contributed by atoms with Crippen LogP contribution in [0.15, 0.2) is 5.16 Å². The van der Waals surface area contributed by atoms with Crippen molar-refractivity contribution < 1.29 is 13.2 Å². The van der Waals surface area contributed by atoms with Crippen molar-refractivity contribution in [2.45, 2.75) is 23.5 Å². The van der Waals surface area contributed by atoms with Crippen molar-refractivity contribution in [2.24, 2.45) is 7.05 Å². The number of aryl methyl sites for hydroxylation is 1. The van der Waals surface area contributed by atoms with E-state index in [9.17, 15) is 13.2 Å². The molecule has 1 fully saturated rings. The molecule has 2 heterocycles. The normalized spacial score (nSPS) is 24.8. The van der Waals surface area contributed by atoms with Gasteiger partial charge in [-0.05, 0) is 6.92 Å². The van der Waals surface area contributed by atoms with Crippen LogP contribution in [-0.2, 0) is 21.7 Å². The predicted molar refractivity (Wildman–Crippen MR) is 76.7 cm³/mol. The minimum atomic E-state index is -3.14. The highest BCUT2D eigenvalue weighted by Crippen LogP contribution is 2.19. The van der Waals surface area contributed by atoms with E-state index in [4.69, 9.17) is 11.6 Å². The number of carbonyl (C=O) groups excluding carboxylic acids is 1. The number of nitrogens with one attached hydrogen (secondary N) is 1. The molecule has 1 amide bonds. The fraction of sp³-hybridized carbons (Fsp3) is 0.700. The van der Waals surface area contributed by atoms with Gasteiger partial charge in [-0.2, -0.15) is 0 Å². The lowest BCUT2D eigenvalue weighted by Crippen LogP contribution is -2.41. The maximum Gasteiger partial charge on any atom is 0.230 e. The molecule has 1 N–H and O–H groups in total. The fourth-order valence-electron chi connectivity index (χ4n) is 1.83. The minimum absolute atomic E-state index is 0.0882.